The fourth-order valence-electron chi connectivity index (χ4n) is 5.41. The minimum Gasteiger partial charge on any atom is -0.451 e. The molecule has 1 spiro atoms. The zero-order valence-electron chi connectivity index (χ0n) is 16.2. The summed E-state index contributed by atoms with van der Waals surface area (Å²) >= 11 is 0. The second-order valence-corrected chi connectivity index (χ2v) is 8.50. The Morgan fingerprint density at radius 2 is 1.96 bits per heavy atom. The van der Waals surface area contributed by atoms with E-state index in [1.165, 1.54) is 0 Å². The standard InChI is InChI=1S/C21H29N3O3/c1-14(2)24-12-11-23-13-17(24)20(19(22)26)7-9-21(10-8-20)16-6-4-3-5-15(16)18(25)27-21/h3-6,14,17,23H,7-13H2,1-2H3,(H2,22,26). The Hall–Kier alpha value is -1.92. The Kier molecular flexibility index (Phi) is 4.51. The summed E-state index contributed by atoms with van der Waals surface area (Å²) in [6.07, 6.45) is 2.56. The van der Waals surface area contributed by atoms with Crippen molar-refractivity contribution < 1.29 is 14.3 Å². The Morgan fingerprint density at radius 3 is 2.63 bits per heavy atom. The lowest BCUT2D eigenvalue weighted by Crippen LogP contribution is -2.65. The number of amides is 1. The van der Waals surface area contributed by atoms with E-state index >= 15 is 0 Å². The first-order valence-corrected chi connectivity index (χ1v) is 9.99. The summed E-state index contributed by atoms with van der Waals surface area (Å²) in [5.41, 5.74) is 6.44. The third kappa shape index (κ3) is 2.77. The minimum absolute atomic E-state index is 0.0773. The van der Waals surface area contributed by atoms with Crippen LogP contribution in [0, 0.1) is 5.41 Å². The minimum atomic E-state index is -0.600. The Bertz CT molecular complexity index is 753. The van der Waals surface area contributed by atoms with Crippen molar-refractivity contribution >= 4 is 11.9 Å². The highest BCUT2D eigenvalue weighted by Gasteiger charge is 2.56. The predicted molar refractivity (Wildman–Crippen MR) is 102 cm³/mol. The van der Waals surface area contributed by atoms with E-state index in [0.29, 0.717) is 37.3 Å². The van der Waals surface area contributed by atoms with Crippen LogP contribution in [0.2, 0.25) is 0 Å². The lowest BCUT2D eigenvalue weighted by molar-refractivity contribution is -0.142. The average molecular weight is 371 g/mol. The van der Waals surface area contributed by atoms with Crippen LogP contribution in [-0.4, -0.2) is 48.5 Å². The molecule has 1 saturated heterocycles. The molecule has 146 valence electrons. The highest BCUT2D eigenvalue weighted by atomic mass is 16.6. The number of piperazine rings is 1. The number of fused-ring (bicyclic) bond motifs is 2. The van der Waals surface area contributed by atoms with Crippen LogP contribution in [0.4, 0.5) is 0 Å². The number of ether oxygens (including phenoxy) is 1. The molecule has 2 fully saturated rings. The van der Waals surface area contributed by atoms with E-state index in [9.17, 15) is 9.59 Å². The molecule has 1 aliphatic carbocycles. The second-order valence-electron chi connectivity index (χ2n) is 8.50. The van der Waals surface area contributed by atoms with E-state index < -0.39 is 11.0 Å². The van der Waals surface area contributed by atoms with Crippen molar-refractivity contribution in [2.24, 2.45) is 11.1 Å². The molecule has 0 radical (unpaired) electrons. The summed E-state index contributed by atoms with van der Waals surface area (Å²) in [7, 11) is 0. The maximum atomic E-state index is 12.7. The Morgan fingerprint density at radius 1 is 1.26 bits per heavy atom. The number of benzene rings is 1. The molecule has 1 unspecified atom stereocenters. The van der Waals surface area contributed by atoms with E-state index in [1.54, 1.807) is 0 Å². The van der Waals surface area contributed by atoms with Gasteiger partial charge in [-0.1, -0.05) is 18.2 Å². The van der Waals surface area contributed by atoms with Crippen LogP contribution in [0.25, 0.3) is 0 Å². The van der Waals surface area contributed by atoms with Crippen molar-refractivity contribution in [2.75, 3.05) is 19.6 Å². The van der Waals surface area contributed by atoms with E-state index in [2.05, 4.69) is 24.1 Å². The number of nitrogens with two attached hydrogens (primary N) is 1. The third-order valence-corrected chi connectivity index (χ3v) is 6.95. The maximum absolute atomic E-state index is 12.7. The molecule has 1 saturated carbocycles. The van der Waals surface area contributed by atoms with Crippen LogP contribution in [0.1, 0.15) is 55.5 Å². The van der Waals surface area contributed by atoms with Crippen LogP contribution in [0.15, 0.2) is 24.3 Å². The lowest BCUT2D eigenvalue weighted by atomic mass is 9.62. The van der Waals surface area contributed by atoms with Gasteiger partial charge >= 0.3 is 5.97 Å². The molecule has 3 N–H and O–H groups in total. The molecule has 3 aliphatic rings. The first-order chi connectivity index (χ1) is 12.9. The largest absolute Gasteiger partial charge is 0.451 e. The molecule has 27 heavy (non-hydrogen) atoms. The van der Waals surface area contributed by atoms with Gasteiger partial charge in [0.2, 0.25) is 5.91 Å². The Balaban J connectivity index is 1.64. The number of nitrogens with zero attached hydrogens (tertiary/aromatic N) is 1. The quantitative estimate of drug-likeness (QED) is 0.791. The third-order valence-electron chi connectivity index (χ3n) is 6.95. The molecule has 1 aromatic carbocycles. The number of primary amides is 1. The summed E-state index contributed by atoms with van der Waals surface area (Å²) in [6, 6.07) is 8.06. The van der Waals surface area contributed by atoms with Crippen LogP contribution in [0.5, 0.6) is 0 Å². The van der Waals surface area contributed by atoms with Crippen molar-refractivity contribution in [2.45, 2.75) is 57.2 Å². The molecule has 1 aromatic rings. The van der Waals surface area contributed by atoms with Gasteiger partial charge in [-0.3, -0.25) is 9.69 Å². The van der Waals surface area contributed by atoms with Crippen molar-refractivity contribution in [1.29, 1.82) is 0 Å². The van der Waals surface area contributed by atoms with Gasteiger partial charge in [0.15, 0.2) is 0 Å². The zero-order valence-corrected chi connectivity index (χ0v) is 16.2. The first kappa shape index (κ1) is 18.4. The summed E-state index contributed by atoms with van der Waals surface area (Å²) in [6.45, 7) is 6.96. The normalized spacial score (nSPS) is 33.9. The van der Waals surface area contributed by atoms with Gasteiger partial charge in [0.1, 0.15) is 5.60 Å². The molecule has 0 aromatic heterocycles. The van der Waals surface area contributed by atoms with Gasteiger partial charge in [0.05, 0.1) is 11.0 Å². The topological polar surface area (TPSA) is 84.7 Å². The average Bonchev–Trinajstić information content (AvgIpc) is 2.95. The van der Waals surface area contributed by atoms with Crippen molar-refractivity contribution in [3.8, 4) is 0 Å². The lowest BCUT2D eigenvalue weighted by Gasteiger charge is -2.52. The van der Waals surface area contributed by atoms with Gasteiger partial charge < -0.3 is 15.8 Å². The number of rotatable bonds is 3. The second kappa shape index (κ2) is 6.60. The van der Waals surface area contributed by atoms with Gasteiger partial charge in [0, 0.05) is 37.3 Å². The number of esters is 1. The summed E-state index contributed by atoms with van der Waals surface area (Å²) in [5.74, 6) is -0.477. The Labute approximate surface area is 160 Å². The monoisotopic (exact) mass is 371 g/mol. The number of carbonyl (C=O) groups excluding carboxylic acids is 2. The number of nitrogens with one attached hydrogen (secondary N) is 1. The SMILES string of the molecule is CC(C)N1CCNCC1C1(C(N)=O)CCC2(CC1)OC(=O)c1ccccc12. The number of hydrogen-bond acceptors (Lipinski definition) is 5. The van der Waals surface area contributed by atoms with Crippen LogP contribution in [-0.2, 0) is 15.1 Å². The highest BCUT2D eigenvalue weighted by Crippen LogP contribution is 2.53. The predicted octanol–water partition coefficient (Wildman–Crippen LogP) is 1.78. The number of carbonyl (C=O) groups is 2. The van der Waals surface area contributed by atoms with Crippen molar-refractivity contribution in [3.63, 3.8) is 0 Å². The van der Waals surface area contributed by atoms with Gasteiger partial charge in [-0.15, -0.1) is 0 Å². The fourth-order valence-corrected chi connectivity index (χ4v) is 5.41. The van der Waals surface area contributed by atoms with E-state index in [0.717, 1.165) is 25.2 Å². The molecule has 6 heteroatoms. The van der Waals surface area contributed by atoms with Gasteiger partial charge in [-0.05, 0) is 45.6 Å². The molecule has 1 atom stereocenters. The van der Waals surface area contributed by atoms with E-state index in [-0.39, 0.29) is 17.9 Å². The van der Waals surface area contributed by atoms with Crippen molar-refractivity contribution in [3.05, 3.63) is 35.4 Å². The molecule has 4 rings (SSSR count). The summed E-state index contributed by atoms with van der Waals surface area (Å²) < 4.78 is 5.87. The first-order valence-electron chi connectivity index (χ1n) is 9.99. The van der Waals surface area contributed by atoms with Gasteiger partial charge in [-0.25, -0.2) is 4.79 Å². The maximum Gasteiger partial charge on any atom is 0.339 e. The van der Waals surface area contributed by atoms with Crippen LogP contribution < -0.4 is 11.1 Å². The number of hydrogen-bond donors (Lipinski definition) is 2. The molecule has 2 heterocycles. The van der Waals surface area contributed by atoms with Gasteiger partial charge in [0.25, 0.3) is 0 Å². The molecule has 2 aliphatic heterocycles. The molecule has 6 nitrogen and oxygen atoms in total. The fraction of sp³-hybridized carbons (Fsp3) is 0.619. The van der Waals surface area contributed by atoms with Gasteiger partial charge in [-0.2, -0.15) is 0 Å². The van der Waals surface area contributed by atoms with E-state index in [4.69, 9.17) is 10.5 Å². The summed E-state index contributed by atoms with van der Waals surface area (Å²) in [4.78, 5) is 27.5. The summed E-state index contributed by atoms with van der Waals surface area (Å²) in [5, 5.41) is 3.45. The molecular weight excluding hydrogens is 342 g/mol. The smallest absolute Gasteiger partial charge is 0.339 e. The zero-order chi connectivity index (χ0) is 19.2. The highest BCUT2D eigenvalue weighted by molar-refractivity contribution is 5.94. The van der Waals surface area contributed by atoms with Crippen molar-refractivity contribution in [1.82, 2.24) is 10.2 Å². The molecule has 1 amide bonds. The molecular formula is C21H29N3O3. The molecule has 0 bridgehead atoms. The van der Waals surface area contributed by atoms with E-state index in [1.807, 2.05) is 24.3 Å². The van der Waals surface area contributed by atoms with Crippen LogP contribution in [0.3, 0.4) is 0 Å². The van der Waals surface area contributed by atoms with Crippen LogP contribution >= 0.6 is 0 Å².